The van der Waals surface area contributed by atoms with Gasteiger partial charge >= 0.3 is 0 Å². The predicted octanol–water partition coefficient (Wildman–Crippen LogP) is 4.07. The van der Waals surface area contributed by atoms with Crippen LogP contribution in [-0.2, 0) is 4.79 Å². The Morgan fingerprint density at radius 3 is 2.65 bits per heavy atom. The maximum Gasteiger partial charge on any atom is 0.219 e. The summed E-state index contributed by atoms with van der Waals surface area (Å²) in [5.74, 6) is -0.122. The number of carbonyl (C=O) groups excluding carboxylic acids is 1. The van der Waals surface area contributed by atoms with E-state index in [1.807, 2.05) is 19.0 Å². The normalized spacial score (nSPS) is 25.0. The third-order valence-electron chi connectivity index (χ3n) is 5.79. The van der Waals surface area contributed by atoms with Crippen molar-refractivity contribution in [1.82, 2.24) is 10.7 Å². The molecular formula is C21H28FN3O. The first-order chi connectivity index (χ1) is 12.4. The molecule has 2 unspecified atom stereocenters. The zero-order valence-electron chi connectivity index (χ0n) is 16.0. The van der Waals surface area contributed by atoms with E-state index in [2.05, 4.69) is 30.7 Å². The quantitative estimate of drug-likeness (QED) is 0.781. The Bertz CT molecular complexity index is 753. The topological polar surface area (TPSA) is 44.4 Å². The van der Waals surface area contributed by atoms with Crippen molar-refractivity contribution in [2.75, 3.05) is 12.1 Å². The van der Waals surface area contributed by atoms with Gasteiger partial charge in [-0.1, -0.05) is 19.4 Å². The van der Waals surface area contributed by atoms with E-state index in [4.69, 9.17) is 0 Å². The molecule has 1 saturated carbocycles. The highest BCUT2D eigenvalue weighted by atomic mass is 19.1. The summed E-state index contributed by atoms with van der Waals surface area (Å²) in [5, 5.41) is 5.21. The molecule has 0 radical (unpaired) electrons. The van der Waals surface area contributed by atoms with Crippen LogP contribution in [0, 0.1) is 11.2 Å². The minimum atomic E-state index is -0.240. The van der Waals surface area contributed by atoms with Gasteiger partial charge in [0, 0.05) is 24.9 Å². The highest BCUT2D eigenvalue weighted by molar-refractivity contribution is 5.76. The number of rotatable bonds is 5. The fourth-order valence-electron chi connectivity index (χ4n) is 4.29. The Morgan fingerprint density at radius 2 is 2.04 bits per heavy atom. The van der Waals surface area contributed by atoms with Gasteiger partial charge in [0.1, 0.15) is 5.82 Å². The van der Waals surface area contributed by atoms with E-state index in [1.54, 1.807) is 12.1 Å². The number of allylic oxidation sites excluding steroid dienone is 2. The number of nitrogens with zero attached hydrogens (tertiary/aromatic N) is 1. The van der Waals surface area contributed by atoms with Gasteiger partial charge in [0.15, 0.2) is 0 Å². The zero-order chi connectivity index (χ0) is 18.9. The first-order valence-electron chi connectivity index (χ1n) is 9.32. The summed E-state index contributed by atoms with van der Waals surface area (Å²) < 4.78 is 13.3. The molecule has 1 amide bonds. The fraction of sp³-hybridized carbons (Fsp3) is 0.476. The Balaban J connectivity index is 1.90. The maximum absolute atomic E-state index is 13.3. The molecular weight excluding hydrogens is 329 g/mol. The molecule has 2 aliphatic rings. The molecule has 2 N–H and O–H groups in total. The standard InChI is InChI=1S/C21H28FN3O/c1-5-20(26)24-19-11-6-15-12-18(14(2)13-21(15,19)3)25(23-4)17-9-7-16(22)8-10-17/h7-10,12,19,23H,5-6,11,13H2,1-4H3,(H,24,26). The Labute approximate surface area is 155 Å². The van der Waals surface area contributed by atoms with Crippen molar-refractivity contribution >= 4 is 11.6 Å². The fourth-order valence-corrected chi connectivity index (χ4v) is 4.29. The minimum Gasteiger partial charge on any atom is -0.352 e. The summed E-state index contributed by atoms with van der Waals surface area (Å²) in [6.07, 6.45) is 5.64. The molecule has 0 bridgehead atoms. The van der Waals surface area contributed by atoms with E-state index in [0.29, 0.717) is 6.42 Å². The number of benzene rings is 1. The molecule has 0 saturated heterocycles. The van der Waals surface area contributed by atoms with Gasteiger partial charge in [-0.3, -0.25) is 9.80 Å². The van der Waals surface area contributed by atoms with Gasteiger partial charge in [-0.25, -0.2) is 9.82 Å². The molecule has 2 atom stereocenters. The second-order valence-corrected chi connectivity index (χ2v) is 7.48. The monoisotopic (exact) mass is 357 g/mol. The van der Waals surface area contributed by atoms with Crippen molar-refractivity contribution in [2.24, 2.45) is 5.41 Å². The second-order valence-electron chi connectivity index (χ2n) is 7.48. The SMILES string of the molecule is CCC(=O)NC1CCC2=CC(N(NC)c3ccc(F)cc3)=C(C)CC21C. The summed E-state index contributed by atoms with van der Waals surface area (Å²) in [7, 11) is 1.87. The Kier molecular flexibility index (Phi) is 5.19. The number of fused-ring (bicyclic) bond motifs is 1. The molecule has 0 aromatic heterocycles. The zero-order valence-corrected chi connectivity index (χ0v) is 16.0. The van der Waals surface area contributed by atoms with Crippen LogP contribution in [0.5, 0.6) is 0 Å². The molecule has 140 valence electrons. The summed E-state index contributed by atoms with van der Waals surface area (Å²) in [4.78, 5) is 11.9. The molecule has 0 aliphatic heterocycles. The van der Waals surface area contributed by atoms with E-state index < -0.39 is 0 Å². The van der Waals surface area contributed by atoms with E-state index in [1.165, 1.54) is 23.3 Å². The van der Waals surface area contributed by atoms with E-state index in [-0.39, 0.29) is 23.2 Å². The van der Waals surface area contributed by atoms with Crippen LogP contribution in [0.15, 0.2) is 47.2 Å². The second kappa shape index (κ2) is 7.23. The number of anilines is 1. The lowest BCUT2D eigenvalue weighted by atomic mass is 9.72. The number of carbonyl (C=O) groups is 1. The molecule has 0 heterocycles. The van der Waals surface area contributed by atoms with Crippen LogP contribution in [0.4, 0.5) is 10.1 Å². The number of hydrazine groups is 1. The number of hydrogen-bond acceptors (Lipinski definition) is 3. The summed E-state index contributed by atoms with van der Waals surface area (Å²) in [6.45, 7) is 6.29. The van der Waals surface area contributed by atoms with Gasteiger partial charge in [-0.2, -0.15) is 0 Å². The average Bonchev–Trinajstić information content (AvgIpc) is 2.92. The van der Waals surface area contributed by atoms with Gasteiger partial charge in [0.05, 0.1) is 11.4 Å². The molecule has 1 fully saturated rings. The molecule has 1 aromatic rings. The first-order valence-corrected chi connectivity index (χ1v) is 9.32. The largest absolute Gasteiger partial charge is 0.352 e. The van der Waals surface area contributed by atoms with Gasteiger partial charge in [-0.15, -0.1) is 0 Å². The molecule has 2 aliphatic carbocycles. The predicted molar refractivity (Wildman–Crippen MR) is 103 cm³/mol. The summed E-state index contributed by atoms with van der Waals surface area (Å²) in [6, 6.07) is 6.68. The Hall–Kier alpha value is -2.14. The average molecular weight is 357 g/mol. The van der Waals surface area contributed by atoms with Crippen molar-refractivity contribution in [3.8, 4) is 0 Å². The van der Waals surface area contributed by atoms with Crippen LogP contribution in [-0.4, -0.2) is 19.0 Å². The molecule has 0 spiro atoms. The summed E-state index contributed by atoms with van der Waals surface area (Å²) in [5.41, 5.74) is 7.83. The van der Waals surface area contributed by atoms with Crippen LogP contribution < -0.4 is 15.8 Å². The van der Waals surface area contributed by atoms with E-state index in [9.17, 15) is 9.18 Å². The minimum absolute atomic E-state index is 0.0272. The molecule has 4 nitrogen and oxygen atoms in total. The lowest BCUT2D eigenvalue weighted by Crippen LogP contribution is -2.45. The number of halogens is 1. The lowest BCUT2D eigenvalue weighted by Gasteiger charge is -2.39. The smallest absolute Gasteiger partial charge is 0.219 e. The van der Waals surface area contributed by atoms with Crippen LogP contribution in [0.25, 0.3) is 0 Å². The van der Waals surface area contributed by atoms with Gasteiger partial charge < -0.3 is 5.32 Å². The van der Waals surface area contributed by atoms with E-state index in [0.717, 1.165) is 30.6 Å². The van der Waals surface area contributed by atoms with Gasteiger partial charge in [0.2, 0.25) is 5.91 Å². The van der Waals surface area contributed by atoms with Crippen LogP contribution in [0.2, 0.25) is 0 Å². The first kappa shape index (κ1) is 18.6. The van der Waals surface area contributed by atoms with Crippen molar-refractivity contribution in [2.45, 2.75) is 52.5 Å². The third kappa shape index (κ3) is 3.28. The molecule has 26 heavy (non-hydrogen) atoms. The van der Waals surface area contributed by atoms with Crippen molar-refractivity contribution in [3.63, 3.8) is 0 Å². The molecule has 5 heteroatoms. The number of nitrogens with one attached hydrogen (secondary N) is 2. The highest BCUT2D eigenvalue weighted by Crippen LogP contribution is 2.51. The lowest BCUT2D eigenvalue weighted by molar-refractivity contribution is -0.122. The summed E-state index contributed by atoms with van der Waals surface area (Å²) >= 11 is 0. The molecule has 1 aromatic carbocycles. The van der Waals surface area contributed by atoms with Crippen LogP contribution in [0.3, 0.4) is 0 Å². The number of amides is 1. The van der Waals surface area contributed by atoms with Crippen molar-refractivity contribution in [1.29, 1.82) is 0 Å². The third-order valence-corrected chi connectivity index (χ3v) is 5.79. The number of hydrogen-bond donors (Lipinski definition) is 2. The highest BCUT2D eigenvalue weighted by Gasteiger charge is 2.45. The van der Waals surface area contributed by atoms with E-state index >= 15 is 0 Å². The van der Waals surface area contributed by atoms with Crippen molar-refractivity contribution in [3.05, 3.63) is 53.0 Å². The van der Waals surface area contributed by atoms with Gasteiger partial charge in [-0.05, 0) is 62.1 Å². The van der Waals surface area contributed by atoms with Crippen molar-refractivity contribution < 1.29 is 9.18 Å². The van der Waals surface area contributed by atoms with Gasteiger partial charge in [0.25, 0.3) is 0 Å². The maximum atomic E-state index is 13.3. The molecule has 3 rings (SSSR count). The Morgan fingerprint density at radius 1 is 1.35 bits per heavy atom. The van der Waals surface area contributed by atoms with Crippen LogP contribution in [0.1, 0.15) is 46.5 Å². The van der Waals surface area contributed by atoms with Crippen LogP contribution >= 0.6 is 0 Å².